The van der Waals surface area contributed by atoms with Gasteiger partial charge in [0.1, 0.15) is 17.3 Å². The number of benzene rings is 1. The standard InChI is InChI=1S/C29H28N8O2/c1-17-10-20(6-5-7-30)11-18(2)24(17)39-25-22-19(3)37(12-21-32-8-9-36(21)4)26(38)23(22)33-27(34-25)35-29-13-28(14-29,15-29)16-31/h5-6,8-11,19H,12-15H2,1-4H3,(H,33,34,35)/b6-5+. The van der Waals surface area contributed by atoms with E-state index in [0.717, 1.165) is 41.8 Å². The van der Waals surface area contributed by atoms with Crippen molar-refractivity contribution in [3.63, 3.8) is 0 Å². The zero-order valence-corrected chi connectivity index (χ0v) is 22.3. The number of nitrogens with one attached hydrogen (secondary N) is 1. The Labute approximate surface area is 226 Å². The summed E-state index contributed by atoms with van der Waals surface area (Å²) in [6, 6.07) is 8.00. The number of anilines is 1. The highest BCUT2D eigenvalue weighted by molar-refractivity contribution is 5.98. The molecule has 1 amide bonds. The quantitative estimate of drug-likeness (QED) is 0.442. The van der Waals surface area contributed by atoms with E-state index in [9.17, 15) is 10.1 Å². The smallest absolute Gasteiger partial charge is 0.274 e. The number of carbonyl (C=O) groups is 1. The molecule has 7 rings (SSSR count). The van der Waals surface area contributed by atoms with Crippen molar-refractivity contribution in [2.75, 3.05) is 5.32 Å². The van der Waals surface area contributed by atoms with E-state index in [0.29, 0.717) is 35.4 Å². The number of hydrogen-bond acceptors (Lipinski definition) is 8. The van der Waals surface area contributed by atoms with Crippen molar-refractivity contribution in [2.24, 2.45) is 12.5 Å². The van der Waals surface area contributed by atoms with E-state index in [1.807, 2.05) is 56.8 Å². The molecular formula is C29H28N8O2. The monoisotopic (exact) mass is 520 g/mol. The van der Waals surface area contributed by atoms with Crippen LogP contribution >= 0.6 is 0 Å². The average Bonchev–Trinajstić information content (AvgIpc) is 3.37. The molecule has 3 heterocycles. The van der Waals surface area contributed by atoms with Gasteiger partial charge in [0, 0.05) is 31.1 Å². The largest absolute Gasteiger partial charge is 0.438 e. The Morgan fingerprint density at radius 1 is 1.21 bits per heavy atom. The fourth-order valence-corrected chi connectivity index (χ4v) is 6.25. The van der Waals surface area contributed by atoms with Gasteiger partial charge in [0.25, 0.3) is 5.91 Å². The van der Waals surface area contributed by atoms with Gasteiger partial charge in [-0.25, -0.2) is 9.97 Å². The Morgan fingerprint density at radius 2 is 1.92 bits per heavy atom. The van der Waals surface area contributed by atoms with Gasteiger partial charge in [-0.2, -0.15) is 15.5 Å². The van der Waals surface area contributed by atoms with E-state index in [1.54, 1.807) is 17.2 Å². The Hall–Kier alpha value is -4.70. The molecule has 1 aromatic carbocycles. The molecule has 1 N–H and O–H groups in total. The summed E-state index contributed by atoms with van der Waals surface area (Å²) < 4.78 is 8.39. The summed E-state index contributed by atoms with van der Waals surface area (Å²) in [4.78, 5) is 29.3. The van der Waals surface area contributed by atoms with Gasteiger partial charge in [-0.05, 0) is 74.9 Å². The maximum absolute atomic E-state index is 13.7. The van der Waals surface area contributed by atoms with Crippen LogP contribution in [0.4, 0.5) is 5.95 Å². The van der Waals surface area contributed by atoms with E-state index < -0.39 is 0 Å². The zero-order chi connectivity index (χ0) is 27.5. The second-order valence-corrected chi connectivity index (χ2v) is 11.1. The van der Waals surface area contributed by atoms with Crippen molar-refractivity contribution in [1.82, 2.24) is 24.4 Å². The highest BCUT2D eigenvalue weighted by Gasteiger charge is 2.69. The van der Waals surface area contributed by atoms with Crippen LogP contribution in [-0.2, 0) is 13.6 Å². The molecule has 2 bridgehead atoms. The summed E-state index contributed by atoms with van der Waals surface area (Å²) in [5.41, 5.74) is 3.17. The number of nitriles is 2. The minimum Gasteiger partial charge on any atom is -0.438 e. The van der Waals surface area contributed by atoms with Gasteiger partial charge in [-0.3, -0.25) is 4.79 Å². The van der Waals surface area contributed by atoms with Gasteiger partial charge in [0.15, 0.2) is 0 Å². The number of allylic oxidation sites excluding steroid dienone is 1. The fraction of sp³-hybridized carbons (Fsp3) is 0.379. The van der Waals surface area contributed by atoms with Crippen molar-refractivity contribution in [2.45, 2.75) is 58.2 Å². The van der Waals surface area contributed by atoms with Gasteiger partial charge in [0.2, 0.25) is 11.8 Å². The molecule has 1 aliphatic heterocycles. The summed E-state index contributed by atoms with van der Waals surface area (Å²) in [5.74, 6) is 1.87. The minimum absolute atomic E-state index is 0.202. The number of fused-ring (bicyclic) bond motifs is 1. The lowest BCUT2D eigenvalue weighted by atomic mass is 9.40. The third-order valence-corrected chi connectivity index (χ3v) is 8.17. The minimum atomic E-state index is -0.330. The van der Waals surface area contributed by atoms with Crippen molar-refractivity contribution in [1.29, 1.82) is 10.5 Å². The van der Waals surface area contributed by atoms with E-state index in [4.69, 9.17) is 15.0 Å². The Kier molecular flexibility index (Phi) is 5.47. The van der Waals surface area contributed by atoms with Crippen molar-refractivity contribution in [3.8, 4) is 23.8 Å². The molecule has 39 heavy (non-hydrogen) atoms. The molecule has 1 atom stereocenters. The maximum Gasteiger partial charge on any atom is 0.274 e. The van der Waals surface area contributed by atoms with Crippen LogP contribution in [-0.4, -0.2) is 35.9 Å². The van der Waals surface area contributed by atoms with Crippen LogP contribution in [0.2, 0.25) is 0 Å². The Balaban J connectivity index is 1.38. The number of amides is 1. The van der Waals surface area contributed by atoms with Crippen LogP contribution in [0.1, 0.15) is 70.8 Å². The summed E-state index contributed by atoms with van der Waals surface area (Å²) in [5, 5.41) is 21.7. The topological polar surface area (TPSA) is 133 Å². The van der Waals surface area contributed by atoms with Crippen molar-refractivity contribution < 1.29 is 9.53 Å². The molecular weight excluding hydrogens is 492 g/mol. The molecule has 3 saturated carbocycles. The maximum atomic E-state index is 13.7. The number of rotatable bonds is 7. The highest BCUT2D eigenvalue weighted by atomic mass is 16.5. The highest BCUT2D eigenvalue weighted by Crippen LogP contribution is 2.67. The van der Waals surface area contributed by atoms with Crippen LogP contribution in [0.15, 0.2) is 30.6 Å². The zero-order valence-electron chi connectivity index (χ0n) is 22.3. The number of aryl methyl sites for hydroxylation is 3. The van der Waals surface area contributed by atoms with Gasteiger partial charge in [0.05, 0.1) is 35.7 Å². The van der Waals surface area contributed by atoms with E-state index in [2.05, 4.69) is 21.4 Å². The van der Waals surface area contributed by atoms with E-state index in [-0.39, 0.29) is 22.9 Å². The SMILES string of the molecule is Cc1cc(/C=C/C#N)cc(C)c1Oc1nc(NC23CC(C#N)(C2)C3)nc2c1C(C)N(Cc1nccn1C)C2=O. The van der Waals surface area contributed by atoms with Gasteiger partial charge in [-0.1, -0.05) is 0 Å². The first kappa shape index (κ1) is 24.6. The molecule has 10 heteroatoms. The number of ether oxygens (including phenoxy) is 1. The predicted octanol–water partition coefficient (Wildman–Crippen LogP) is 4.73. The third-order valence-electron chi connectivity index (χ3n) is 8.17. The van der Waals surface area contributed by atoms with Crippen LogP contribution in [0.25, 0.3) is 6.08 Å². The summed E-state index contributed by atoms with van der Waals surface area (Å²) in [6.07, 6.45) is 9.00. The number of hydrogen-bond donors (Lipinski definition) is 1. The van der Waals surface area contributed by atoms with Crippen molar-refractivity contribution >= 4 is 17.9 Å². The normalized spacial score (nSPS) is 24.5. The summed E-state index contributed by atoms with van der Waals surface area (Å²) >= 11 is 0. The molecule has 196 valence electrons. The second-order valence-electron chi connectivity index (χ2n) is 11.1. The van der Waals surface area contributed by atoms with Gasteiger partial charge in [-0.15, -0.1) is 0 Å². The average molecular weight is 521 g/mol. The predicted molar refractivity (Wildman–Crippen MR) is 142 cm³/mol. The lowest BCUT2D eigenvalue weighted by molar-refractivity contribution is -0.0665. The lowest BCUT2D eigenvalue weighted by Gasteiger charge is -2.66. The molecule has 0 saturated heterocycles. The summed E-state index contributed by atoms with van der Waals surface area (Å²) in [6.45, 7) is 6.16. The molecule has 0 spiro atoms. The fourth-order valence-electron chi connectivity index (χ4n) is 6.25. The number of aromatic nitrogens is 4. The number of imidazole rings is 1. The molecule has 2 aromatic heterocycles. The van der Waals surface area contributed by atoms with Crippen LogP contribution in [0.5, 0.6) is 11.6 Å². The first-order chi connectivity index (χ1) is 18.7. The van der Waals surface area contributed by atoms with Gasteiger partial charge < -0.3 is 19.5 Å². The molecule has 3 fully saturated rings. The lowest BCUT2D eigenvalue weighted by Crippen LogP contribution is -2.70. The van der Waals surface area contributed by atoms with Crippen LogP contribution < -0.4 is 10.1 Å². The molecule has 4 aliphatic rings. The number of nitrogens with zero attached hydrogens (tertiary/aromatic N) is 7. The van der Waals surface area contributed by atoms with E-state index >= 15 is 0 Å². The van der Waals surface area contributed by atoms with E-state index in [1.165, 1.54) is 6.08 Å². The third kappa shape index (κ3) is 3.91. The van der Waals surface area contributed by atoms with Crippen LogP contribution in [0, 0.1) is 41.9 Å². The molecule has 3 aliphatic carbocycles. The van der Waals surface area contributed by atoms with Crippen LogP contribution in [0.3, 0.4) is 0 Å². The van der Waals surface area contributed by atoms with Gasteiger partial charge >= 0.3 is 0 Å². The first-order valence-corrected chi connectivity index (χ1v) is 12.9. The Morgan fingerprint density at radius 3 is 2.54 bits per heavy atom. The molecule has 1 unspecified atom stereocenters. The molecule has 3 aromatic rings. The van der Waals surface area contributed by atoms with Crippen molar-refractivity contribution in [3.05, 3.63) is 64.4 Å². The summed E-state index contributed by atoms with van der Waals surface area (Å²) in [7, 11) is 1.90. The second kappa shape index (κ2) is 8.67. The number of carbonyl (C=O) groups excluding carboxylic acids is 1. The molecule has 10 nitrogen and oxygen atoms in total. The Bertz CT molecular complexity index is 1600. The molecule has 0 radical (unpaired) electrons. The first-order valence-electron chi connectivity index (χ1n) is 12.9.